The van der Waals surface area contributed by atoms with Crippen molar-refractivity contribution in [2.75, 3.05) is 18.4 Å². The van der Waals surface area contributed by atoms with Crippen molar-refractivity contribution >= 4 is 17.7 Å². The molecule has 1 aromatic heterocycles. The number of carboxylic acid groups (broad SMARTS) is 1. The quantitative estimate of drug-likeness (QED) is 0.887. The number of carbonyl (C=O) groups excluding carboxylic acids is 1. The Balaban J connectivity index is 1.54. The second-order valence-corrected chi connectivity index (χ2v) is 7.28. The molecule has 0 unspecified atom stereocenters. The van der Waals surface area contributed by atoms with Gasteiger partial charge in [-0.1, -0.05) is 18.6 Å². The van der Waals surface area contributed by atoms with Gasteiger partial charge >= 0.3 is 12.0 Å². The molecular weight excluding hydrogens is 332 g/mol. The molecule has 2 amide bonds. The van der Waals surface area contributed by atoms with Crippen LogP contribution >= 0.6 is 0 Å². The third-order valence-corrected chi connectivity index (χ3v) is 5.70. The van der Waals surface area contributed by atoms with Crippen LogP contribution in [-0.2, 0) is 4.79 Å². The minimum Gasteiger partial charge on any atom is -0.481 e. The first-order chi connectivity index (χ1) is 12.5. The Morgan fingerprint density at radius 2 is 2.12 bits per heavy atom. The van der Waals surface area contributed by atoms with Crippen molar-refractivity contribution in [3.8, 4) is 5.69 Å². The maximum atomic E-state index is 12.8. The van der Waals surface area contributed by atoms with E-state index in [0.29, 0.717) is 18.7 Å². The van der Waals surface area contributed by atoms with Crippen LogP contribution in [-0.4, -0.2) is 44.9 Å². The van der Waals surface area contributed by atoms with Crippen molar-refractivity contribution in [2.24, 2.45) is 11.3 Å². The Labute approximate surface area is 151 Å². The molecule has 2 aromatic rings. The number of carbonyl (C=O) groups is 2. The smallest absolute Gasteiger partial charge is 0.321 e. The van der Waals surface area contributed by atoms with Crippen LogP contribution in [0.1, 0.15) is 25.0 Å². The highest BCUT2D eigenvalue weighted by Gasteiger charge is 2.55. The Morgan fingerprint density at radius 3 is 2.81 bits per heavy atom. The summed E-state index contributed by atoms with van der Waals surface area (Å²) >= 11 is 0. The van der Waals surface area contributed by atoms with Gasteiger partial charge in [0.2, 0.25) is 0 Å². The third-order valence-electron chi connectivity index (χ3n) is 5.70. The maximum absolute atomic E-state index is 12.8. The van der Waals surface area contributed by atoms with Gasteiger partial charge in [-0.25, -0.2) is 9.48 Å². The van der Waals surface area contributed by atoms with E-state index in [9.17, 15) is 14.7 Å². The SMILES string of the molecule is Cc1ccn(-c2ccccc2NC(=O)N2C[C@@H]3CCC[C@@]3(C(=O)O)C2)n1. The van der Waals surface area contributed by atoms with E-state index >= 15 is 0 Å². The molecule has 7 heteroatoms. The normalized spacial score (nSPS) is 24.5. The number of hydrogen-bond donors (Lipinski definition) is 2. The number of nitrogens with one attached hydrogen (secondary N) is 1. The first-order valence-electron chi connectivity index (χ1n) is 8.90. The molecule has 4 rings (SSSR count). The van der Waals surface area contributed by atoms with Crippen LogP contribution in [0, 0.1) is 18.3 Å². The largest absolute Gasteiger partial charge is 0.481 e. The lowest BCUT2D eigenvalue weighted by molar-refractivity contribution is -0.149. The van der Waals surface area contributed by atoms with E-state index in [4.69, 9.17) is 0 Å². The summed E-state index contributed by atoms with van der Waals surface area (Å²) in [6, 6.07) is 9.11. The van der Waals surface area contributed by atoms with Crippen LogP contribution in [0.3, 0.4) is 0 Å². The fraction of sp³-hybridized carbons (Fsp3) is 0.421. The molecule has 1 aliphatic heterocycles. The standard InChI is InChI=1S/C19H22N4O3/c1-13-8-10-23(21-13)16-7-3-2-6-15(16)20-18(26)22-11-14-5-4-9-19(14,12-22)17(24)25/h2-3,6-8,10,14H,4-5,9,11-12H2,1H3,(H,20,26)(H,24,25)/t14-,19+/m0/s1. The third kappa shape index (κ3) is 2.64. The number of fused-ring (bicyclic) bond motifs is 1. The van der Waals surface area contributed by atoms with Crippen molar-refractivity contribution in [2.45, 2.75) is 26.2 Å². The Hall–Kier alpha value is -2.83. The van der Waals surface area contributed by atoms with E-state index in [2.05, 4.69) is 10.4 Å². The zero-order chi connectivity index (χ0) is 18.3. The summed E-state index contributed by atoms with van der Waals surface area (Å²) in [5.74, 6) is -0.725. The van der Waals surface area contributed by atoms with Gasteiger partial charge in [0.05, 0.1) is 22.5 Å². The lowest BCUT2D eigenvalue weighted by Crippen LogP contribution is -2.38. The molecule has 0 spiro atoms. The molecule has 1 aliphatic carbocycles. The summed E-state index contributed by atoms with van der Waals surface area (Å²) in [6.45, 7) is 2.69. The van der Waals surface area contributed by atoms with E-state index < -0.39 is 11.4 Å². The number of anilines is 1. The zero-order valence-corrected chi connectivity index (χ0v) is 14.7. The van der Waals surface area contributed by atoms with Crippen LogP contribution in [0.5, 0.6) is 0 Å². The Kier molecular flexibility index (Phi) is 3.94. The monoisotopic (exact) mass is 354 g/mol. The van der Waals surface area contributed by atoms with E-state index in [0.717, 1.165) is 24.2 Å². The van der Waals surface area contributed by atoms with Crippen molar-refractivity contribution < 1.29 is 14.7 Å². The second-order valence-electron chi connectivity index (χ2n) is 7.28. The minimum atomic E-state index is -0.775. The molecule has 2 aliphatic rings. The number of benzene rings is 1. The van der Waals surface area contributed by atoms with Crippen LogP contribution < -0.4 is 5.32 Å². The van der Waals surface area contributed by atoms with Gasteiger partial charge in [-0.3, -0.25) is 4.79 Å². The van der Waals surface area contributed by atoms with Gasteiger partial charge in [0.15, 0.2) is 0 Å². The predicted molar refractivity (Wildman–Crippen MR) is 96.3 cm³/mol. The lowest BCUT2D eigenvalue weighted by atomic mass is 9.81. The van der Waals surface area contributed by atoms with Gasteiger partial charge in [-0.15, -0.1) is 0 Å². The number of amides is 2. The molecule has 1 aromatic carbocycles. The molecule has 136 valence electrons. The lowest BCUT2D eigenvalue weighted by Gasteiger charge is -2.23. The molecule has 26 heavy (non-hydrogen) atoms. The van der Waals surface area contributed by atoms with Crippen molar-refractivity contribution in [3.05, 3.63) is 42.2 Å². The highest BCUT2D eigenvalue weighted by atomic mass is 16.4. The first kappa shape index (κ1) is 16.6. The summed E-state index contributed by atoms with van der Waals surface area (Å²) < 4.78 is 1.72. The number of rotatable bonds is 3. The Morgan fingerprint density at radius 1 is 1.31 bits per heavy atom. The summed E-state index contributed by atoms with van der Waals surface area (Å²) in [6.07, 6.45) is 4.30. The van der Waals surface area contributed by atoms with Crippen LogP contribution in [0.15, 0.2) is 36.5 Å². The van der Waals surface area contributed by atoms with E-state index in [1.54, 1.807) is 9.58 Å². The van der Waals surface area contributed by atoms with Crippen molar-refractivity contribution in [3.63, 3.8) is 0 Å². The van der Waals surface area contributed by atoms with Crippen LogP contribution in [0.25, 0.3) is 5.69 Å². The molecule has 2 heterocycles. The Bertz CT molecular complexity index is 862. The minimum absolute atomic E-state index is 0.0507. The topological polar surface area (TPSA) is 87.5 Å². The first-order valence-corrected chi connectivity index (χ1v) is 8.90. The molecule has 1 saturated carbocycles. The van der Waals surface area contributed by atoms with Gasteiger partial charge in [0.25, 0.3) is 0 Å². The summed E-state index contributed by atoms with van der Waals surface area (Å²) in [5, 5.41) is 17.0. The number of aliphatic carboxylic acids is 1. The number of hydrogen-bond acceptors (Lipinski definition) is 3. The number of nitrogens with zero attached hydrogens (tertiary/aromatic N) is 3. The molecule has 0 bridgehead atoms. The summed E-state index contributed by atoms with van der Waals surface area (Å²) in [7, 11) is 0. The molecule has 2 N–H and O–H groups in total. The fourth-order valence-corrected chi connectivity index (χ4v) is 4.32. The molecule has 2 fully saturated rings. The van der Waals surface area contributed by atoms with Crippen molar-refractivity contribution in [1.82, 2.24) is 14.7 Å². The highest BCUT2D eigenvalue weighted by Crippen LogP contribution is 2.49. The maximum Gasteiger partial charge on any atom is 0.321 e. The van der Waals surface area contributed by atoms with E-state index in [1.807, 2.05) is 43.5 Å². The molecular formula is C19H22N4O3. The highest BCUT2D eigenvalue weighted by molar-refractivity contribution is 5.92. The van der Waals surface area contributed by atoms with Gasteiger partial charge in [0, 0.05) is 19.3 Å². The van der Waals surface area contributed by atoms with Gasteiger partial charge in [-0.05, 0) is 43.9 Å². The number of likely N-dealkylation sites (tertiary alicyclic amines) is 1. The summed E-state index contributed by atoms with van der Waals surface area (Å²) in [4.78, 5) is 26.2. The number of aryl methyl sites for hydroxylation is 1. The van der Waals surface area contributed by atoms with Crippen LogP contribution in [0.2, 0.25) is 0 Å². The van der Waals surface area contributed by atoms with E-state index in [-0.39, 0.29) is 18.5 Å². The van der Waals surface area contributed by atoms with Crippen LogP contribution in [0.4, 0.5) is 10.5 Å². The van der Waals surface area contributed by atoms with Gasteiger partial charge in [-0.2, -0.15) is 5.10 Å². The fourth-order valence-electron chi connectivity index (χ4n) is 4.32. The number of carboxylic acids is 1. The molecule has 1 saturated heterocycles. The van der Waals surface area contributed by atoms with Gasteiger partial charge in [0.1, 0.15) is 0 Å². The molecule has 2 atom stereocenters. The predicted octanol–water partition coefficient (Wildman–Crippen LogP) is 2.90. The average molecular weight is 354 g/mol. The second kappa shape index (κ2) is 6.16. The van der Waals surface area contributed by atoms with E-state index in [1.165, 1.54) is 0 Å². The zero-order valence-electron chi connectivity index (χ0n) is 14.7. The molecule has 0 radical (unpaired) electrons. The number of aromatic nitrogens is 2. The van der Waals surface area contributed by atoms with Gasteiger partial charge < -0.3 is 15.3 Å². The number of urea groups is 1. The summed E-state index contributed by atoms with van der Waals surface area (Å²) in [5.41, 5.74) is 1.56. The molecule has 7 nitrogen and oxygen atoms in total. The number of para-hydroxylation sites is 2. The van der Waals surface area contributed by atoms with Crippen molar-refractivity contribution in [1.29, 1.82) is 0 Å². The average Bonchev–Trinajstić information content (AvgIpc) is 3.29.